The van der Waals surface area contributed by atoms with Crippen LogP contribution in [-0.4, -0.2) is 41.8 Å². The minimum Gasteiger partial charge on any atom is -0.494 e. The van der Waals surface area contributed by atoms with Gasteiger partial charge in [0.2, 0.25) is 5.91 Å². The molecule has 0 spiro atoms. The summed E-state index contributed by atoms with van der Waals surface area (Å²) in [6.07, 6.45) is 2.34. The molecule has 0 bridgehead atoms. The number of ether oxygens (including phenoxy) is 3. The summed E-state index contributed by atoms with van der Waals surface area (Å²) < 4.78 is 19.6. The van der Waals surface area contributed by atoms with E-state index in [0.29, 0.717) is 38.5 Å². The van der Waals surface area contributed by atoms with E-state index in [4.69, 9.17) is 19.2 Å². The first-order chi connectivity index (χ1) is 18.2. The number of anilines is 1. The summed E-state index contributed by atoms with van der Waals surface area (Å²) in [4.78, 5) is 20.0. The molecule has 190 valence electrons. The Morgan fingerprint density at radius 2 is 1.84 bits per heavy atom. The molecule has 1 unspecified atom stereocenters. The lowest BCUT2D eigenvalue weighted by Crippen LogP contribution is -2.25. The average Bonchev–Trinajstić information content (AvgIpc) is 3.48. The highest BCUT2D eigenvalue weighted by atomic mass is 16.6. The van der Waals surface area contributed by atoms with Crippen LogP contribution in [0.2, 0.25) is 0 Å². The summed E-state index contributed by atoms with van der Waals surface area (Å²) in [6, 6.07) is 22.1. The molecular formula is C30H31N3O4. The van der Waals surface area contributed by atoms with Crippen molar-refractivity contribution in [1.29, 1.82) is 0 Å². The average molecular weight is 498 g/mol. The molecule has 2 aliphatic rings. The molecule has 1 aromatic heterocycles. The first-order valence-electron chi connectivity index (χ1n) is 13.0. The van der Waals surface area contributed by atoms with Crippen molar-refractivity contribution >= 4 is 22.6 Å². The number of hydrogen-bond acceptors (Lipinski definition) is 5. The Morgan fingerprint density at radius 1 is 0.973 bits per heavy atom. The third-order valence-corrected chi connectivity index (χ3v) is 7.05. The van der Waals surface area contributed by atoms with E-state index in [1.807, 2.05) is 53.4 Å². The quantitative estimate of drug-likeness (QED) is 0.301. The van der Waals surface area contributed by atoms with E-state index < -0.39 is 0 Å². The molecule has 3 aromatic carbocycles. The molecule has 0 aliphatic carbocycles. The van der Waals surface area contributed by atoms with Gasteiger partial charge in [0.15, 0.2) is 11.5 Å². The number of imidazole rings is 1. The SMILES string of the molecule is Cc1cccc(OCCCCn2c(C3CC(=O)N(c4ccc5c(c4)OCCO5)C3)nc3ccccc32)c1. The third kappa shape index (κ3) is 4.86. The van der Waals surface area contributed by atoms with Crippen molar-refractivity contribution in [3.8, 4) is 17.2 Å². The summed E-state index contributed by atoms with van der Waals surface area (Å²) in [6.45, 7) is 5.24. The van der Waals surface area contributed by atoms with Crippen molar-refractivity contribution in [2.75, 3.05) is 31.3 Å². The number of benzene rings is 3. The van der Waals surface area contributed by atoms with Crippen LogP contribution in [0.4, 0.5) is 5.69 Å². The van der Waals surface area contributed by atoms with Gasteiger partial charge in [0, 0.05) is 37.2 Å². The number of unbranched alkanes of at least 4 members (excludes halogenated alkanes) is 1. The van der Waals surface area contributed by atoms with Crippen LogP contribution in [0.3, 0.4) is 0 Å². The highest BCUT2D eigenvalue weighted by molar-refractivity contribution is 5.97. The maximum Gasteiger partial charge on any atom is 0.227 e. The highest BCUT2D eigenvalue weighted by Crippen LogP contribution is 2.38. The van der Waals surface area contributed by atoms with Gasteiger partial charge in [-0.3, -0.25) is 4.79 Å². The number of aryl methyl sites for hydroxylation is 2. The Labute approximate surface area is 216 Å². The fourth-order valence-electron chi connectivity index (χ4n) is 5.24. The van der Waals surface area contributed by atoms with Gasteiger partial charge in [-0.15, -0.1) is 0 Å². The van der Waals surface area contributed by atoms with Gasteiger partial charge in [0.25, 0.3) is 0 Å². The molecule has 1 saturated heterocycles. The van der Waals surface area contributed by atoms with Crippen LogP contribution in [0.15, 0.2) is 66.7 Å². The van der Waals surface area contributed by atoms with Gasteiger partial charge in [-0.1, -0.05) is 24.3 Å². The molecular weight excluding hydrogens is 466 g/mol. The lowest BCUT2D eigenvalue weighted by Gasteiger charge is -2.22. The fourth-order valence-corrected chi connectivity index (χ4v) is 5.24. The Morgan fingerprint density at radius 3 is 2.73 bits per heavy atom. The molecule has 7 heteroatoms. The van der Waals surface area contributed by atoms with Crippen molar-refractivity contribution in [2.24, 2.45) is 0 Å². The van der Waals surface area contributed by atoms with Crippen LogP contribution in [0, 0.1) is 6.92 Å². The summed E-state index contributed by atoms with van der Waals surface area (Å²) >= 11 is 0. The van der Waals surface area contributed by atoms with Gasteiger partial charge in [-0.05, 0) is 61.7 Å². The molecule has 1 amide bonds. The molecule has 0 saturated carbocycles. The van der Waals surface area contributed by atoms with E-state index in [2.05, 4.69) is 29.7 Å². The summed E-state index contributed by atoms with van der Waals surface area (Å²) in [5, 5.41) is 0. The molecule has 0 radical (unpaired) electrons. The van der Waals surface area contributed by atoms with Crippen molar-refractivity contribution in [3.63, 3.8) is 0 Å². The highest BCUT2D eigenvalue weighted by Gasteiger charge is 2.35. The van der Waals surface area contributed by atoms with Gasteiger partial charge in [0.1, 0.15) is 24.8 Å². The van der Waals surface area contributed by atoms with Crippen molar-refractivity contribution in [3.05, 3.63) is 78.1 Å². The third-order valence-electron chi connectivity index (χ3n) is 7.05. The number of rotatable bonds is 8. The normalized spacial score (nSPS) is 16.9. The second kappa shape index (κ2) is 10.2. The number of hydrogen-bond donors (Lipinski definition) is 0. The van der Waals surface area contributed by atoms with Crippen LogP contribution in [0.25, 0.3) is 11.0 Å². The zero-order valence-electron chi connectivity index (χ0n) is 21.1. The number of carbonyl (C=O) groups is 1. The molecule has 4 aromatic rings. The zero-order chi connectivity index (χ0) is 25.2. The van der Waals surface area contributed by atoms with E-state index in [1.54, 1.807) is 0 Å². The van der Waals surface area contributed by atoms with E-state index in [0.717, 1.165) is 53.4 Å². The van der Waals surface area contributed by atoms with E-state index in [-0.39, 0.29) is 11.8 Å². The van der Waals surface area contributed by atoms with Crippen LogP contribution in [-0.2, 0) is 11.3 Å². The van der Waals surface area contributed by atoms with E-state index in [1.165, 1.54) is 5.56 Å². The van der Waals surface area contributed by atoms with Crippen LogP contribution >= 0.6 is 0 Å². The predicted molar refractivity (Wildman–Crippen MR) is 143 cm³/mol. The Hall–Kier alpha value is -4.00. The molecule has 1 fully saturated rings. The Bertz CT molecular complexity index is 1430. The second-order valence-electron chi connectivity index (χ2n) is 9.72. The maximum atomic E-state index is 13.1. The standard InChI is InChI=1S/C30H31N3O4/c1-21-7-6-8-24(17-21)35-14-5-4-13-32-26-10-3-2-9-25(26)31-30(32)22-18-29(34)33(20-22)23-11-12-27-28(19-23)37-16-15-36-27/h2-3,6-12,17,19,22H,4-5,13-16,18,20H2,1H3. The van der Waals surface area contributed by atoms with Crippen LogP contribution < -0.4 is 19.1 Å². The van der Waals surface area contributed by atoms with E-state index >= 15 is 0 Å². The molecule has 1 atom stereocenters. The van der Waals surface area contributed by atoms with Gasteiger partial charge in [-0.25, -0.2) is 4.98 Å². The first kappa shape index (κ1) is 23.4. The number of para-hydroxylation sites is 2. The van der Waals surface area contributed by atoms with Gasteiger partial charge in [-0.2, -0.15) is 0 Å². The maximum absolute atomic E-state index is 13.1. The first-order valence-corrected chi connectivity index (χ1v) is 13.0. The van der Waals surface area contributed by atoms with Gasteiger partial charge in [0.05, 0.1) is 17.6 Å². The lowest BCUT2D eigenvalue weighted by molar-refractivity contribution is -0.117. The molecule has 3 heterocycles. The molecule has 7 nitrogen and oxygen atoms in total. The topological polar surface area (TPSA) is 65.8 Å². The summed E-state index contributed by atoms with van der Waals surface area (Å²) in [5.74, 6) is 3.45. The zero-order valence-corrected chi connectivity index (χ0v) is 21.1. The smallest absolute Gasteiger partial charge is 0.227 e. The Kier molecular flexibility index (Phi) is 6.43. The minimum absolute atomic E-state index is 0.0247. The molecule has 37 heavy (non-hydrogen) atoms. The minimum atomic E-state index is 0.0247. The molecule has 2 aliphatic heterocycles. The van der Waals surface area contributed by atoms with Crippen molar-refractivity contribution in [1.82, 2.24) is 9.55 Å². The van der Waals surface area contributed by atoms with Crippen molar-refractivity contribution < 1.29 is 19.0 Å². The number of carbonyl (C=O) groups excluding carboxylic acids is 1. The van der Waals surface area contributed by atoms with Gasteiger partial charge >= 0.3 is 0 Å². The van der Waals surface area contributed by atoms with Crippen LogP contribution in [0.5, 0.6) is 17.2 Å². The predicted octanol–water partition coefficient (Wildman–Crippen LogP) is 5.50. The van der Waals surface area contributed by atoms with Crippen LogP contribution in [0.1, 0.15) is 36.6 Å². The summed E-state index contributed by atoms with van der Waals surface area (Å²) in [7, 11) is 0. The number of amides is 1. The largest absolute Gasteiger partial charge is 0.494 e. The number of nitrogens with zero attached hydrogens (tertiary/aromatic N) is 3. The summed E-state index contributed by atoms with van der Waals surface area (Å²) in [5.41, 5.74) is 4.12. The van der Waals surface area contributed by atoms with Crippen molar-refractivity contribution in [2.45, 2.75) is 38.6 Å². The Balaban J connectivity index is 1.17. The lowest BCUT2D eigenvalue weighted by atomic mass is 10.1. The molecule has 0 N–H and O–H groups in total. The van der Waals surface area contributed by atoms with Gasteiger partial charge < -0.3 is 23.7 Å². The molecule has 6 rings (SSSR count). The number of aromatic nitrogens is 2. The number of fused-ring (bicyclic) bond motifs is 2. The fraction of sp³-hybridized carbons (Fsp3) is 0.333. The second-order valence-corrected chi connectivity index (χ2v) is 9.72. The monoisotopic (exact) mass is 497 g/mol. The van der Waals surface area contributed by atoms with E-state index in [9.17, 15) is 4.79 Å².